The van der Waals surface area contributed by atoms with Crippen molar-refractivity contribution in [2.24, 2.45) is 0 Å². The van der Waals surface area contributed by atoms with Crippen LogP contribution in [0.1, 0.15) is 20.7 Å². The van der Waals surface area contributed by atoms with Gasteiger partial charge in [-0.2, -0.15) is 0 Å². The zero-order chi connectivity index (χ0) is 19.4. The van der Waals surface area contributed by atoms with E-state index in [0.717, 1.165) is 5.69 Å². The van der Waals surface area contributed by atoms with E-state index in [1.54, 1.807) is 49.5 Å². The van der Waals surface area contributed by atoms with Gasteiger partial charge in [0.25, 0.3) is 11.8 Å². The highest BCUT2D eigenvalue weighted by Gasteiger charge is 2.16. The Morgan fingerprint density at radius 2 is 1.52 bits per heavy atom. The van der Waals surface area contributed by atoms with Gasteiger partial charge in [0.05, 0.1) is 15.7 Å². The monoisotopic (exact) mass is 398 g/mol. The van der Waals surface area contributed by atoms with Crippen molar-refractivity contribution in [2.75, 3.05) is 17.3 Å². The number of carbonyl (C=O) groups excluding carboxylic acids is 2. The van der Waals surface area contributed by atoms with E-state index in [2.05, 4.69) is 5.32 Å². The minimum absolute atomic E-state index is 0.211. The number of amides is 2. The second-order valence-corrected chi connectivity index (χ2v) is 6.62. The first-order chi connectivity index (χ1) is 13.0. The second kappa shape index (κ2) is 8.25. The summed E-state index contributed by atoms with van der Waals surface area (Å²) in [6.45, 7) is 0. The molecule has 3 aromatic carbocycles. The highest BCUT2D eigenvalue weighted by Crippen LogP contribution is 2.29. The Labute approximate surface area is 167 Å². The summed E-state index contributed by atoms with van der Waals surface area (Å²) in [6, 6.07) is 20.8. The molecular weight excluding hydrogens is 383 g/mol. The molecule has 3 rings (SSSR count). The molecule has 4 nitrogen and oxygen atoms in total. The van der Waals surface area contributed by atoms with Gasteiger partial charge in [-0.1, -0.05) is 53.5 Å². The predicted molar refractivity (Wildman–Crippen MR) is 110 cm³/mol. The zero-order valence-electron chi connectivity index (χ0n) is 14.4. The Bertz CT molecular complexity index is 990. The topological polar surface area (TPSA) is 49.4 Å². The summed E-state index contributed by atoms with van der Waals surface area (Å²) < 4.78 is 0. The molecule has 0 radical (unpaired) electrons. The number of nitrogens with one attached hydrogen (secondary N) is 1. The third-order valence-corrected chi connectivity index (χ3v) is 4.84. The largest absolute Gasteiger partial charge is 0.321 e. The van der Waals surface area contributed by atoms with Crippen LogP contribution < -0.4 is 10.2 Å². The van der Waals surface area contributed by atoms with Crippen molar-refractivity contribution in [1.82, 2.24) is 0 Å². The Hall–Kier alpha value is -2.82. The molecule has 0 aliphatic carbocycles. The lowest BCUT2D eigenvalue weighted by Crippen LogP contribution is -2.26. The Morgan fingerprint density at radius 3 is 2.26 bits per heavy atom. The van der Waals surface area contributed by atoms with E-state index in [9.17, 15) is 9.59 Å². The molecule has 3 aromatic rings. The fourth-order valence-electron chi connectivity index (χ4n) is 2.55. The Balaban J connectivity index is 1.81. The minimum Gasteiger partial charge on any atom is -0.321 e. The van der Waals surface area contributed by atoms with Gasteiger partial charge in [0.1, 0.15) is 0 Å². The average molecular weight is 399 g/mol. The molecule has 2 amide bonds. The third-order valence-electron chi connectivity index (χ3n) is 4.02. The Kier molecular flexibility index (Phi) is 5.79. The number of hydrogen-bond donors (Lipinski definition) is 1. The van der Waals surface area contributed by atoms with Gasteiger partial charge in [0, 0.05) is 23.9 Å². The van der Waals surface area contributed by atoms with E-state index < -0.39 is 0 Å². The predicted octanol–water partition coefficient (Wildman–Crippen LogP) is 5.52. The summed E-state index contributed by atoms with van der Waals surface area (Å²) >= 11 is 12.1. The molecule has 136 valence electrons. The lowest BCUT2D eigenvalue weighted by molar-refractivity contribution is 0.0993. The van der Waals surface area contributed by atoms with Gasteiger partial charge in [-0.3, -0.25) is 9.59 Å². The van der Waals surface area contributed by atoms with Crippen LogP contribution in [0.3, 0.4) is 0 Å². The van der Waals surface area contributed by atoms with Crippen LogP contribution in [0.25, 0.3) is 0 Å². The number of benzene rings is 3. The first-order valence-corrected chi connectivity index (χ1v) is 8.91. The summed E-state index contributed by atoms with van der Waals surface area (Å²) in [7, 11) is 1.69. The van der Waals surface area contributed by atoms with Crippen molar-refractivity contribution in [3.05, 3.63) is 94.0 Å². The van der Waals surface area contributed by atoms with Gasteiger partial charge in [-0.25, -0.2) is 0 Å². The molecule has 0 saturated carbocycles. The van der Waals surface area contributed by atoms with Crippen molar-refractivity contribution in [3.63, 3.8) is 0 Å². The standard InChI is InChI=1S/C21H16Cl2N2O2/c1-25(16-9-3-2-4-10-16)21(27)15-8-5-7-14(13-15)20(26)24-18-12-6-11-17(22)19(18)23/h2-13H,1H3,(H,24,26). The van der Waals surface area contributed by atoms with Crippen molar-refractivity contribution < 1.29 is 9.59 Å². The van der Waals surface area contributed by atoms with Crippen LogP contribution in [-0.2, 0) is 0 Å². The molecule has 1 N–H and O–H groups in total. The van der Waals surface area contributed by atoms with Gasteiger partial charge in [0.15, 0.2) is 0 Å². The maximum absolute atomic E-state index is 12.7. The van der Waals surface area contributed by atoms with E-state index in [-0.39, 0.29) is 16.8 Å². The highest BCUT2D eigenvalue weighted by molar-refractivity contribution is 6.44. The van der Waals surface area contributed by atoms with Crippen LogP contribution >= 0.6 is 23.2 Å². The van der Waals surface area contributed by atoms with Crippen LogP contribution in [0.15, 0.2) is 72.8 Å². The summed E-state index contributed by atoms with van der Waals surface area (Å²) in [6.07, 6.45) is 0. The summed E-state index contributed by atoms with van der Waals surface area (Å²) in [5.41, 5.74) is 1.93. The summed E-state index contributed by atoms with van der Waals surface area (Å²) in [4.78, 5) is 26.8. The first-order valence-electron chi connectivity index (χ1n) is 8.16. The lowest BCUT2D eigenvalue weighted by atomic mass is 10.1. The van der Waals surface area contributed by atoms with Crippen molar-refractivity contribution in [3.8, 4) is 0 Å². The van der Waals surface area contributed by atoms with E-state index in [1.165, 1.54) is 4.90 Å². The van der Waals surface area contributed by atoms with Gasteiger partial charge in [0.2, 0.25) is 0 Å². The van der Waals surface area contributed by atoms with Crippen LogP contribution in [-0.4, -0.2) is 18.9 Å². The molecule has 0 unspecified atom stereocenters. The normalized spacial score (nSPS) is 10.3. The van der Waals surface area contributed by atoms with Gasteiger partial charge in [-0.05, 0) is 42.5 Å². The highest BCUT2D eigenvalue weighted by atomic mass is 35.5. The van der Waals surface area contributed by atoms with E-state index in [0.29, 0.717) is 21.8 Å². The summed E-state index contributed by atoms with van der Waals surface area (Å²) in [5, 5.41) is 3.33. The number of rotatable bonds is 4. The maximum Gasteiger partial charge on any atom is 0.258 e. The molecule has 6 heteroatoms. The maximum atomic E-state index is 12.7. The average Bonchev–Trinajstić information content (AvgIpc) is 2.71. The number of halogens is 2. The Morgan fingerprint density at radius 1 is 0.852 bits per heavy atom. The van der Waals surface area contributed by atoms with Gasteiger partial charge in [-0.15, -0.1) is 0 Å². The molecule has 0 aliphatic heterocycles. The number of nitrogens with zero attached hydrogens (tertiary/aromatic N) is 1. The van der Waals surface area contributed by atoms with Crippen LogP contribution in [0.4, 0.5) is 11.4 Å². The van der Waals surface area contributed by atoms with E-state index in [4.69, 9.17) is 23.2 Å². The number of anilines is 2. The van der Waals surface area contributed by atoms with Crippen LogP contribution in [0.2, 0.25) is 10.0 Å². The molecule has 0 aliphatic rings. The van der Waals surface area contributed by atoms with Gasteiger partial charge < -0.3 is 10.2 Å². The zero-order valence-corrected chi connectivity index (χ0v) is 16.0. The van der Waals surface area contributed by atoms with E-state index in [1.807, 2.05) is 30.3 Å². The SMILES string of the molecule is CN(C(=O)c1cccc(C(=O)Nc2cccc(Cl)c2Cl)c1)c1ccccc1. The number of hydrogen-bond acceptors (Lipinski definition) is 2. The molecule has 0 heterocycles. The quantitative estimate of drug-likeness (QED) is 0.628. The molecule has 27 heavy (non-hydrogen) atoms. The smallest absolute Gasteiger partial charge is 0.258 e. The van der Waals surface area contributed by atoms with Crippen molar-refractivity contribution in [2.45, 2.75) is 0 Å². The molecular formula is C21H16Cl2N2O2. The molecule has 0 bridgehead atoms. The van der Waals surface area contributed by atoms with Crippen LogP contribution in [0, 0.1) is 0 Å². The van der Waals surface area contributed by atoms with Crippen molar-refractivity contribution >= 4 is 46.4 Å². The first kappa shape index (κ1) is 19.0. The summed E-state index contributed by atoms with van der Waals surface area (Å²) in [5.74, 6) is -0.590. The molecule has 0 spiro atoms. The molecule has 0 fully saturated rings. The lowest BCUT2D eigenvalue weighted by Gasteiger charge is -2.17. The minimum atomic E-state index is -0.379. The number of carbonyl (C=O) groups is 2. The van der Waals surface area contributed by atoms with E-state index >= 15 is 0 Å². The molecule has 0 saturated heterocycles. The van der Waals surface area contributed by atoms with Crippen LogP contribution in [0.5, 0.6) is 0 Å². The van der Waals surface area contributed by atoms with Crippen molar-refractivity contribution in [1.29, 1.82) is 0 Å². The van der Waals surface area contributed by atoms with Gasteiger partial charge >= 0.3 is 0 Å². The molecule has 0 atom stereocenters. The fourth-order valence-corrected chi connectivity index (χ4v) is 2.90. The number of para-hydroxylation sites is 1. The molecule has 0 aromatic heterocycles. The second-order valence-electron chi connectivity index (χ2n) is 5.84. The third kappa shape index (κ3) is 4.30. The fraction of sp³-hybridized carbons (Fsp3) is 0.0476.